The van der Waals surface area contributed by atoms with Crippen LogP contribution in [-0.4, -0.2) is 11.9 Å². The Morgan fingerprint density at radius 2 is 0.786 bits per heavy atom. The van der Waals surface area contributed by atoms with Gasteiger partial charge < -0.3 is 9.47 Å². The van der Waals surface area contributed by atoms with E-state index in [1.807, 2.05) is 103 Å². The average Bonchev–Trinajstić information content (AvgIpc) is 3.06. The summed E-state index contributed by atoms with van der Waals surface area (Å²) in [4.78, 5) is 28.2. The molecule has 0 fully saturated rings. The topological polar surface area (TPSA) is 52.6 Å². The molecule has 6 aromatic rings. The highest BCUT2D eigenvalue weighted by molar-refractivity contribution is 6.14. The van der Waals surface area contributed by atoms with Gasteiger partial charge in [-0.2, -0.15) is 0 Å². The molecular weight excluding hydrogens is 520 g/mol. The molecule has 0 unspecified atom stereocenters. The van der Waals surface area contributed by atoms with E-state index in [1.165, 1.54) is 0 Å². The van der Waals surface area contributed by atoms with Crippen LogP contribution in [0.3, 0.4) is 0 Å². The molecule has 0 saturated carbocycles. The minimum absolute atomic E-state index is 0.108. The molecule has 0 aliphatic carbocycles. The number of ether oxygens (including phenoxy) is 2. The Balaban J connectivity index is 1.69. The smallest absolute Gasteiger partial charge is 0.345 e. The number of para-hydroxylation sites is 2. The molecule has 0 atom stereocenters. The van der Waals surface area contributed by atoms with Gasteiger partial charge in [-0.1, -0.05) is 127 Å². The first-order chi connectivity index (χ1) is 20.7. The van der Waals surface area contributed by atoms with Crippen LogP contribution in [0.25, 0.3) is 33.4 Å². The van der Waals surface area contributed by atoms with Crippen molar-refractivity contribution in [1.29, 1.82) is 0 Å². The zero-order valence-electron chi connectivity index (χ0n) is 22.6. The fraction of sp³-hybridized carbons (Fsp3) is 0. The van der Waals surface area contributed by atoms with Gasteiger partial charge in [0, 0.05) is 5.56 Å². The monoisotopic (exact) mass is 546 g/mol. The summed E-state index contributed by atoms with van der Waals surface area (Å²) in [6.07, 6.45) is 0. The van der Waals surface area contributed by atoms with E-state index < -0.39 is 11.9 Å². The van der Waals surface area contributed by atoms with Gasteiger partial charge >= 0.3 is 11.9 Å². The lowest BCUT2D eigenvalue weighted by Gasteiger charge is -2.22. The van der Waals surface area contributed by atoms with E-state index in [0.29, 0.717) is 17.1 Å². The highest BCUT2D eigenvalue weighted by Crippen LogP contribution is 2.44. The van der Waals surface area contributed by atoms with Crippen molar-refractivity contribution in [3.05, 3.63) is 169 Å². The second-order valence-electron chi connectivity index (χ2n) is 9.60. The standard InChI is InChI=1S/C38H26O4/c39-37(41-30-22-12-4-13-23-30)33-26-32(27-16-6-1-7-17-27)34(28-18-8-2-9-19-28)35(29-20-10-3-11-21-29)36(33)38(40)42-31-24-14-5-15-25-31/h1-26H. The Hall–Kier alpha value is -5.74. The zero-order valence-corrected chi connectivity index (χ0v) is 22.6. The van der Waals surface area contributed by atoms with Crippen LogP contribution < -0.4 is 9.47 Å². The summed E-state index contributed by atoms with van der Waals surface area (Å²) >= 11 is 0. The van der Waals surface area contributed by atoms with Gasteiger partial charge in [0.15, 0.2) is 0 Å². The molecule has 6 rings (SSSR count). The lowest BCUT2D eigenvalue weighted by Crippen LogP contribution is -2.20. The van der Waals surface area contributed by atoms with Gasteiger partial charge in [0.05, 0.1) is 11.1 Å². The predicted octanol–water partition coefficient (Wildman–Crippen LogP) is 9.13. The quantitative estimate of drug-likeness (QED) is 0.148. The molecule has 0 aromatic heterocycles. The van der Waals surface area contributed by atoms with Crippen LogP contribution in [-0.2, 0) is 0 Å². The first kappa shape index (κ1) is 26.5. The van der Waals surface area contributed by atoms with Gasteiger partial charge in [0.2, 0.25) is 0 Å². The first-order valence-electron chi connectivity index (χ1n) is 13.6. The highest BCUT2D eigenvalue weighted by atomic mass is 16.5. The van der Waals surface area contributed by atoms with E-state index in [-0.39, 0.29) is 11.1 Å². The number of esters is 2. The predicted molar refractivity (Wildman–Crippen MR) is 166 cm³/mol. The van der Waals surface area contributed by atoms with Gasteiger partial charge in [-0.25, -0.2) is 9.59 Å². The van der Waals surface area contributed by atoms with E-state index in [1.54, 1.807) is 54.6 Å². The van der Waals surface area contributed by atoms with Gasteiger partial charge in [-0.15, -0.1) is 0 Å². The third-order valence-electron chi connectivity index (χ3n) is 6.87. The molecule has 202 valence electrons. The van der Waals surface area contributed by atoms with Gasteiger partial charge in [-0.05, 0) is 58.1 Å². The summed E-state index contributed by atoms with van der Waals surface area (Å²) in [5, 5.41) is 0. The van der Waals surface area contributed by atoms with Crippen LogP contribution in [0, 0.1) is 0 Å². The molecule has 0 heterocycles. The number of rotatable bonds is 7. The largest absolute Gasteiger partial charge is 0.423 e. The van der Waals surface area contributed by atoms with Crippen molar-refractivity contribution < 1.29 is 19.1 Å². The Kier molecular flexibility index (Phi) is 7.69. The molecule has 0 radical (unpaired) electrons. The third kappa shape index (κ3) is 5.60. The molecule has 4 nitrogen and oxygen atoms in total. The number of hydrogen-bond donors (Lipinski definition) is 0. The lowest BCUT2D eigenvalue weighted by molar-refractivity contribution is 0.0692. The third-order valence-corrected chi connectivity index (χ3v) is 6.87. The van der Waals surface area contributed by atoms with Crippen LogP contribution >= 0.6 is 0 Å². The van der Waals surface area contributed by atoms with Crippen LogP contribution in [0.2, 0.25) is 0 Å². The minimum Gasteiger partial charge on any atom is -0.423 e. The van der Waals surface area contributed by atoms with Crippen LogP contribution in [0.1, 0.15) is 20.7 Å². The lowest BCUT2D eigenvalue weighted by atomic mass is 9.82. The van der Waals surface area contributed by atoms with Crippen LogP contribution in [0.15, 0.2) is 158 Å². The summed E-state index contributed by atoms with van der Waals surface area (Å²) in [5.74, 6) is -0.566. The SMILES string of the molecule is O=C(Oc1ccccc1)c1cc(-c2ccccc2)c(-c2ccccc2)c(-c2ccccc2)c1C(=O)Oc1ccccc1. The minimum atomic E-state index is -0.657. The summed E-state index contributed by atoms with van der Waals surface area (Å²) < 4.78 is 11.7. The maximum absolute atomic E-state index is 14.2. The normalized spacial score (nSPS) is 10.6. The van der Waals surface area contributed by atoms with Crippen molar-refractivity contribution in [3.8, 4) is 44.9 Å². The fourth-order valence-electron chi connectivity index (χ4n) is 5.00. The van der Waals surface area contributed by atoms with Crippen LogP contribution in [0.4, 0.5) is 0 Å². The molecule has 0 bridgehead atoms. The Bertz CT molecular complexity index is 1820. The van der Waals surface area contributed by atoms with Crippen molar-refractivity contribution in [3.63, 3.8) is 0 Å². The second-order valence-corrected chi connectivity index (χ2v) is 9.60. The van der Waals surface area contributed by atoms with Gasteiger partial charge in [0.1, 0.15) is 11.5 Å². The van der Waals surface area contributed by atoms with E-state index in [4.69, 9.17) is 9.47 Å². The van der Waals surface area contributed by atoms with E-state index in [0.717, 1.165) is 27.8 Å². The second kappa shape index (κ2) is 12.2. The number of hydrogen-bond acceptors (Lipinski definition) is 4. The summed E-state index contributed by atoms with van der Waals surface area (Å²) in [6, 6.07) is 48.7. The van der Waals surface area contributed by atoms with E-state index in [2.05, 4.69) is 0 Å². The van der Waals surface area contributed by atoms with Gasteiger partial charge in [-0.3, -0.25) is 0 Å². The maximum atomic E-state index is 14.2. The number of carbonyl (C=O) groups excluding carboxylic acids is 2. The van der Waals surface area contributed by atoms with Crippen molar-refractivity contribution >= 4 is 11.9 Å². The maximum Gasteiger partial charge on any atom is 0.345 e. The number of carbonyl (C=O) groups is 2. The molecule has 0 N–H and O–H groups in total. The van der Waals surface area contributed by atoms with Crippen molar-refractivity contribution in [1.82, 2.24) is 0 Å². The average molecular weight is 547 g/mol. The molecular formula is C38H26O4. The van der Waals surface area contributed by atoms with E-state index in [9.17, 15) is 9.59 Å². The van der Waals surface area contributed by atoms with E-state index >= 15 is 0 Å². The Morgan fingerprint density at radius 1 is 0.405 bits per heavy atom. The fourth-order valence-corrected chi connectivity index (χ4v) is 5.00. The molecule has 0 aliphatic heterocycles. The number of benzene rings is 6. The Labute approximate surface area is 244 Å². The summed E-state index contributed by atoms with van der Waals surface area (Å²) in [5.41, 5.74) is 4.98. The van der Waals surface area contributed by atoms with Crippen molar-refractivity contribution in [2.75, 3.05) is 0 Å². The van der Waals surface area contributed by atoms with Crippen molar-refractivity contribution in [2.24, 2.45) is 0 Å². The summed E-state index contributed by atoms with van der Waals surface area (Å²) in [7, 11) is 0. The van der Waals surface area contributed by atoms with Gasteiger partial charge in [0.25, 0.3) is 0 Å². The first-order valence-corrected chi connectivity index (χ1v) is 13.6. The molecule has 4 heteroatoms. The zero-order chi connectivity index (χ0) is 28.7. The molecule has 0 spiro atoms. The highest BCUT2D eigenvalue weighted by Gasteiger charge is 2.30. The molecule has 0 aliphatic rings. The van der Waals surface area contributed by atoms with Crippen LogP contribution in [0.5, 0.6) is 11.5 Å². The molecule has 42 heavy (non-hydrogen) atoms. The Morgan fingerprint density at radius 3 is 1.26 bits per heavy atom. The summed E-state index contributed by atoms with van der Waals surface area (Å²) in [6.45, 7) is 0. The van der Waals surface area contributed by atoms with Crippen molar-refractivity contribution in [2.45, 2.75) is 0 Å². The molecule has 6 aromatic carbocycles. The molecule has 0 amide bonds. The molecule has 0 saturated heterocycles.